The van der Waals surface area contributed by atoms with E-state index >= 15 is 0 Å². The van der Waals surface area contributed by atoms with Gasteiger partial charge < -0.3 is 15.0 Å². The molecule has 0 aliphatic carbocycles. The number of carbonyl (C=O) groups excluding carboxylic acids is 2. The molecule has 1 atom stereocenters. The molecule has 0 radical (unpaired) electrons. The minimum absolute atomic E-state index is 0.0249. The Morgan fingerprint density at radius 2 is 2.11 bits per heavy atom. The van der Waals surface area contributed by atoms with Crippen LogP contribution in [0.1, 0.15) is 12.0 Å². The lowest BCUT2D eigenvalue weighted by molar-refractivity contribution is -0.387. The number of carbonyl (C=O) groups is 2. The number of hydrogen-bond acceptors (Lipinski definition) is 5. The van der Waals surface area contributed by atoms with Crippen LogP contribution in [0.5, 0.6) is 5.75 Å². The molecule has 1 aliphatic rings. The summed E-state index contributed by atoms with van der Waals surface area (Å²) in [5, 5.41) is 13.7. The first kappa shape index (κ1) is 19.3. The molecule has 0 bridgehead atoms. The zero-order valence-corrected chi connectivity index (χ0v) is 15.1. The second-order valence-electron chi connectivity index (χ2n) is 6.33. The Hall–Kier alpha value is -3.49. The van der Waals surface area contributed by atoms with Crippen LogP contribution in [0.2, 0.25) is 0 Å². The van der Waals surface area contributed by atoms with Crippen LogP contribution in [0.15, 0.2) is 42.5 Å². The van der Waals surface area contributed by atoms with Gasteiger partial charge in [0.15, 0.2) is 0 Å². The van der Waals surface area contributed by atoms with Crippen LogP contribution in [0.25, 0.3) is 0 Å². The monoisotopic (exact) mass is 387 g/mol. The number of benzene rings is 2. The molecular weight excluding hydrogens is 369 g/mol. The Morgan fingerprint density at radius 1 is 1.36 bits per heavy atom. The van der Waals surface area contributed by atoms with Crippen molar-refractivity contribution in [2.75, 3.05) is 18.6 Å². The fraction of sp³-hybridized carbons (Fsp3) is 0.263. The maximum Gasteiger partial charge on any atom is 0.306 e. The average Bonchev–Trinajstić information content (AvgIpc) is 3.08. The van der Waals surface area contributed by atoms with E-state index in [1.165, 1.54) is 18.1 Å². The number of anilines is 1. The highest BCUT2D eigenvalue weighted by atomic mass is 19.1. The Balaban J connectivity index is 1.68. The molecule has 0 saturated carbocycles. The largest absolute Gasteiger partial charge is 0.496 e. The molecule has 1 heterocycles. The number of rotatable bonds is 6. The summed E-state index contributed by atoms with van der Waals surface area (Å²) in [6, 6.07) is 10.5. The lowest BCUT2D eigenvalue weighted by atomic mass is 10.1. The average molecular weight is 387 g/mol. The van der Waals surface area contributed by atoms with Crippen LogP contribution >= 0.6 is 0 Å². The number of ether oxygens (including phenoxy) is 1. The Kier molecular flexibility index (Phi) is 5.53. The van der Waals surface area contributed by atoms with Gasteiger partial charge in [-0.15, -0.1) is 0 Å². The van der Waals surface area contributed by atoms with Crippen molar-refractivity contribution < 1.29 is 23.6 Å². The summed E-state index contributed by atoms with van der Waals surface area (Å²) < 4.78 is 18.7. The Morgan fingerprint density at radius 3 is 2.82 bits per heavy atom. The van der Waals surface area contributed by atoms with E-state index in [-0.39, 0.29) is 37.0 Å². The van der Waals surface area contributed by atoms with Crippen molar-refractivity contribution in [2.45, 2.75) is 13.0 Å². The summed E-state index contributed by atoms with van der Waals surface area (Å²) in [4.78, 5) is 36.1. The maximum atomic E-state index is 13.5. The van der Waals surface area contributed by atoms with Crippen molar-refractivity contribution in [2.24, 2.45) is 5.92 Å². The van der Waals surface area contributed by atoms with Gasteiger partial charge in [-0.1, -0.05) is 18.2 Å². The van der Waals surface area contributed by atoms with E-state index in [9.17, 15) is 24.1 Å². The number of amides is 2. The molecule has 146 valence electrons. The number of hydrogen-bond donors (Lipinski definition) is 1. The van der Waals surface area contributed by atoms with Gasteiger partial charge in [-0.25, -0.2) is 0 Å². The second-order valence-corrected chi connectivity index (χ2v) is 6.33. The molecule has 28 heavy (non-hydrogen) atoms. The van der Waals surface area contributed by atoms with Crippen LogP contribution < -0.4 is 15.0 Å². The maximum absolute atomic E-state index is 13.5. The molecule has 1 aliphatic heterocycles. The van der Waals surface area contributed by atoms with Crippen molar-refractivity contribution >= 4 is 23.2 Å². The van der Waals surface area contributed by atoms with E-state index < -0.39 is 22.3 Å². The number of nitrogens with one attached hydrogen (secondary N) is 1. The molecule has 9 heteroatoms. The van der Waals surface area contributed by atoms with Gasteiger partial charge in [0.2, 0.25) is 17.6 Å². The first-order valence-corrected chi connectivity index (χ1v) is 8.54. The molecule has 8 nitrogen and oxygen atoms in total. The summed E-state index contributed by atoms with van der Waals surface area (Å²) in [6.45, 7) is 0.314. The molecule has 0 aromatic heterocycles. The van der Waals surface area contributed by atoms with Crippen molar-refractivity contribution in [3.8, 4) is 5.75 Å². The van der Waals surface area contributed by atoms with Crippen LogP contribution in [-0.2, 0) is 16.1 Å². The lowest BCUT2D eigenvalue weighted by Gasteiger charge is -2.17. The number of nitrogens with zero attached hydrogens (tertiary/aromatic N) is 2. The summed E-state index contributed by atoms with van der Waals surface area (Å²) in [5.41, 5.74) is 0.279. The molecule has 2 aromatic rings. The number of methoxy groups -OCH3 is 1. The smallest absolute Gasteiger partial charge is 0.306 e. The molecular formula is C19H18FN3O5. The van der Waals surface area contributed by atoms with Gasteiger partial charge in [-0.05, 0) is 18.2 Å². The van der Waals surface area contributed by atoms with Crippen LogP contribution in [0.3, 0.4) is 0 Å². The van der Waals surface area contributed by atoms with Crippen LogP contribution in [-0.4, -0.2) is 30.4 Å². The molecule has 3 rings (SSSR count). The first-order chi connectivity index (χ1) is 13.4. The minimum atomic E-state index is -0.980. The fourth-order valence-electron chi connectivity index (χ4n) is 3.12. The predicted molar refractivity (Wildman–Crippen MR) is 98.4 cm³/mol. The summed E-state index contributed by atoms with van der Waals surface area (Å²) >= 11 is 0. The van der Waals surface area contributed by atoms with Gasteiger partial charge in [-0.2, -0.15) is 4.39 Å². The predicted octanol–water partition coefficient (Wildman–Crippen LogP) is 2.41. The van der Waals surface area contributed by atoms with Gasteiger partial charge in [-0.3, -0.25) is 19.7 Å². The molecule has 1 saturated heterocycles. The van der Waals surface area contributed by atoms with E-state index in [1.54, 1.807) is 6.07 Å². The second kappa shape index (κ2) is 8.03. The van der Waals surface area contributed by atoms with Gasteiger partial charge >= 0.3 is 5.69 Å². The SMILES string of the molecule is COc1ccccc1CNC(=O)C1CC(=O)N(c2ccc(F)c([N+](=O)[O-])c2)C1. The summed E-state index contributed by atoms with van der Waals surface area (Å²) in [6.07, 6.45) is -0.0249. The minimum Gasteiger partial charge on any atom is -0.496 e. The van der Waals surface area contributed by atoms with E-state index in [0.29, 0.717) is 5.75 Å². The molecule has 2 aromatic carbocycles. The number of halogens is 1. The third-order valence-corrected chi connectivity index (χ3v) is 4.58. The quantitative estimate of drug-likeness (QED) is 0.606. The van der Waals surface area contributed by atoms with E-state index in [4.69, 9.17) is 4.74 Å². The molecule has 0 spiro atoms. The molecule has 1 fully saturated rings. The summed E-state index contributed by atoms with van der Waals surface area (Å²) in [7, 11) is 1.54. The van der Waals surface area contributed by atoms with Crippen molar-refractivity contribution in [1.29, 1.82) is 0 Å². The van der Waals surface area contributed by atoms with Gasteiger partial charge in [0.25, 0.3) is 0 Å². The summed E-state index contributed by atoms with van der Waals surface area (Å²) in [5.74, 6) is -1.60. The highest BCUT2D eigenvalue weighted by Crippen LogP contribution is 2.29. The first-order valence-electron chi connectivity index (χ1n) is 8.54. The normalized spacial score (nSPS) is 16.1. The Bertz CT molecular complexity index is 934. The number of nitro benzene ring substituents is 1. The van der Waals surface area contributed by atoms with Crippen LogP contribution in [0, 0.1) is 21.8 Å². The number of nitro groups is 1. The Labute approximate surface area is 160 Å². The highest BCUT2D eigenvalue weighted by Gasteiger charge is 2.35. The molecule has 1 unspecified atom stereocenters. The van der Waals surface area contributed by atoms with Crippen molar-refractivity contribution in [1.82, 2.24) is 5.32 Å². The standard InChI is InChI=1S/C19H18FN3O5/c1-28-17-5-3-2-4-12(17)10-21-19(25)13-8-18(24)22(11-13)14-6-7-15(20)16(9-14)23(26)27/h2-7,9,13H,8,10-11H2,1H3,(H,21,25). The molecule has 2 amide bonds. The topological polar surface area (TPSA) is 102 Å². The number of para-hydroxylation sites is 1. The van der Waals surface area contributed by atoms with E-state index in [1.807, 2.05) is 18.2 Å². The highest BCUT2D eigenvalue weighted by molar-refractivity contribution is 6.00. The van der Waals surface area contributed by atoms with Gasteiger partial charge in [0.1, 0.15) is 5.75 Å². The van der Waals surface area contributed by atoms with E-state index in [2.05, 4.69) is 5.32 Å². The van der Waals surface area contributed by atoms with Gasteiger partial charge in [0, 0.05) is 31.1 Å². The van der Waals surface area contributed by atoms with E-state index in [0.717, 1.165) is 17.7 Å². The zero-order chi connectivity index (χ0) is 20.3. The van der Waals surface area contributed by atoms with Crippen molar-refractivity contribution in [3.05, 3.63) is 64.0 Å². The zero-order valence-electron chi connectivity index (χ0n) is 15.1. The fourth-order valence-corrected chi connectivity index (χ4v) is 3.12. The molecule has 1 N–H and O–H groups in total. The van der Waals surface area contributed by atoms with Gasteiger partial charge in [0.05, 0.1) is 23.6 Å². The third kappa shape index (κ3) is 3.93. The third-order valence-electron chi connectivity index (χ3n) is 4.58. The van der Waals surface area contributed by atoms with Crippen LogP contribution in [0.4, 0.5) is 15.8 Å². The lowest BCUT2D eigenvalue weighted by Crippen LogP contribution is -2.32. The van der Waals surface area contributed by atoms with Crippen molar-refractivity contribution in [3.63, 3.8) is 0 Å².